The average Bonchev–Trinajstić information content (AvgIpc) is 2.53. The smallest absolute Gasteiger partial charge is 0.275 e. The van der Waals surface area contributed by atoms with E-state index >= 15 is 0 Å². The van der Waals surface area contributed by atoms with Gasteiger partial charge in [0.2, 0.25) is 0 Å². The molecule has 0 spiro atoms. The number of nitrogens with one attached hydrogen (secondary N) is 1. The lowest BCUT2D eigenvalue weighted by Crippen LogP contribution is -2.48. The number of amides is 1. The van der Waals surface area contributed by atoms with Crippen molar-refractivity contribution >= 4 is 5.91 Å². The van der Waals surface area contributed by atoms with Crippen LogP contribution in [0.3, 0.4) is 0 Å². The van der Waals surface area contributed by atoms with Crippen molar-refractivity contribution in [3.63, 3.8) is 0 Å². The van der Waals surface area contributed by atoms with Gasteiger partial charge in [0.05, 0.1) is 7.11 Å². The van der Waals surface area contributed by atoms with Crippen LogP contribution in [0.1, 0.15) is 93.3 Å². The van der Waals surface area contributed by atoms with Crippen molar-refractivity contribution in [1.82, 2.24) is 5.48 Å². The van der Waals surface area contributed by atoms with Crippen molar-refractivity contribution in [2.24, 2.45) is 11.3 Å². The van der Waals surface area contributed by atoms with E-state index < -0.39 is 0 Å². The summed E-state index contributed by atoms with van der Waals surface area (Å²) in [6.45, 7) is 11.8. The molecular weight excluding hydrogens is 310 g/mol. The lowest BCUT2D eigenvalue weighted by Gasteiger charge is -2.55. The van der Waals surface area contributed by atoms with Crippen LogP contribution < -0.4 is 5.48 Å². The molecule has 1 N–H and O–H groups in total. The molecule has 0 aromatic heterocycles. The molecule has 0 unspecified atom stereocenters. The van der Waals surface area contributed by atoms with E-state index in [0.29, 0.717) is 11.3 Å². The first kappa shape index (κ1) is 18.4. The van der Waals surface area contributed by atoms with E-state index in [2.05, 4.69) is 46.2 Å². The van der Waals surface area contributed by atoms with Gasteiger partial charge >= 0.3 is 0 Å². The normalized spacial score (nSPS) is 27.6. The summed E-state index contributed by atoms with van der Waals surface area (Å²) in [5, 5.41) is 0. The van der Waals surface area contributed by atoms with Gasteiger partial charge in [-0.25, -0.2) is 5.48 Å². The fourth-order valence-electron chi connectivity index (χ4n) is 5.92. The van der Waals surface area contributed by atoms with Crippen LogP contribution in [-0.4, -0.2) is 13.0 Å². The fraction of sp³-hybridized carbons (Fsp3) is 0.682. The highest BCUT2D eigenvalue weighted by Gasteiger charge is 2.50. The molecule has 2 aliphatic rings. The van der Waals surface area contributed by atoms with E-state index in [1.54, 1.807) is 0 Å². The number of benzene rings is 1. The number of hydrogen-bond donors (Lipinski definition) is 1. The second-order valence-corrected chi connectivity index (χ2v) is 9.19. The molecule has 2 aliphatic carbocycles. The molecular formula is C22H33NO2. The van der Waals surface area contributed by atoms with Crippen molar-refractivity contribution in [2.75, 3.05) is 7.11 Å². The van der Waals surface area contributed by atoms with Crippen LogP contribution in [0.15, 0.2) is 12.1 Å². The molecule has 3 rings (SSSR count). The number of carbonyl (C=O) groups excluding carboxylic acids is 1. The molecule has 25 heavy (non-hydrogen) atoms. The molecule has 0 radical (unpaired) electrons. The number of carbonyl (C=O) groups is 1. The Morgan fingerprint density at radius 2 is 1.96 bits per heavy atom. The van der Waals surface area contributed by atoms with Crippen LogP contribution in [0.2, 0.25) is 0 Å². The number of fused-ring (bicyclic) bond motifs is 3. The molecule has 0 saturated heterocycles. The second kappa shape index (κ2) is 6.42. The fourth-order valence-corrected chi connectivity index (χ4v) is 5.92. The minimum Gasteiger partial charge on any atom is -0.277 e. The molecule has 0 bridgehead atoms. The first-order valence-electron chi connectivity index (χ1n) is 9.72. The Kier molecular flexibility index (Phi) is 4.74. The Morgan fingerprint density at radius 1 is 1.24 bits per heavy atom. The Morgan fingerprint density at radius 3 is 2.60 bits per heavy atom. The average molecular weight is 344 g/mol. The number of hydroxylamine groups is 1. The van der Waals surface area contributed by atoms with Crippen molar-refractivity contribution in [3.05, 3.63) is 34.4 Å². The Bertz CT molecular complexity index is 677. The molecule has 1 saturated carbocycles. The van der Waals surface area contributed by atoms with E-state index in [1.807, 2.05) is 6.07 Å². The van der Waals surface area contributed by atoms with Gasteiger partial charge in [0.15, 0.2) is 0 Å². The number of rotatable bonds is 3. The van der Waals surface area contributed by atoms with Crippen molar-refractivity contribution < 1.29 is 9.63 Å². The quantitative estimate of drug-likeness (QED) is 0.773. The van der Waals surface area contributed by atoms with Gasteiger partial charge in [-0.1, -0.05) is 47.1 Å². The summed E-state index contributed by atoms with van der Waals surface area (Å²) >= 11 is 0. The Hall–Kier alpha value is -1.35. The molecule has 138 valence electrons. The highest BCUT2D eigenvalue weighted by molar-refractivity contribution is 5.95. The minimum atomic E-state index is -0.134. The predicted octanol–water partition coefficient (Wildman–Crippen LogP) is 5.13. The molecule has 3 heteroatoms. The summed E-state index contributed by atoms with van der Waals surface area (Å²) in [6, 6.07) is 4.26. The third-order valence-corrected chi connectivity index (χ3v) is 6.90. The Labute approximate surface area is 152 Å². The third-order valence-electron chi connectivity index (χ3n) is 6.90. The first-order chi connectivity index (χ1) is 11.7. The molecule has 3 nitrogen and oxygen atoms in total. The predicted molar refractivity (Wildman–Crippen MR) is 102 cm³/mol. The zero-order chi connectivity index (χ0) is 18.4. The maximum Gasteiger partial charge on any atom is 0.275 e. The summed E-state index contributed by atoms with van der Waals surface area (Å²) in [4.78, 5) is 17.4. The topological polar surface area (TPSA) is 38.3 Å². The van der Waals surface area contributed by atoms with Crippen LogP contribution in [0.5, 0.6) is 0 Å². The van der Waals surface area contributed by atoms with Crippen LogP contribution in [0.25, 0.3) is 0 Å². The molecule has 1 amide bonds. The number of hydrogen-bond acceptors (Lipinski definition) is 2. The zero-order valence-electron chi connectivity index (χ0n) is 16.7. The highest BCUT2D eigenvalue weighted by Crippen LogP contribution is 2.57. The molecule has 2 atom stereocenters. The van der Waals surface area contributed by atoms with Crippen LogP contribution in [0.4, 0.5) is 0 Å². The van der Waals surface area contributed by atoms with Crippen LogP contribution >= 0.6 is 0 Å². The standard InChI is InChI=1S/C22H33NO2/c1-14(2)19-15-9-11-18-21(3,4)12-7-13-22(18,5)17(15)10-8-16(19)20(24)23-25-6/h8,10,14,18H,7,9,11-13H2,1-6H3,(H,23,24)/t18-,22+/m0/s1. The lowest BCUT2D eigenvalue weighted by atomic mass is 9.50. The molecule has 0 heterocycles. The van der Waals surface area contributed by atoms with Crippen LogP contribution in [0, 0.1) is 11.3 Å². The van der Waals surface area contributed by atoms with Gasteiger partial charge in [0.1, 0.15) is 0 Å². The first-order valence-corrected chi connectivity index (χ1v) is 9.72. The van der Waals surface area contributed by atoms with Crippen molar-refractivity contribution in [2.45, 2.75) is 78.1 Å². The third kappa shape index (κ3) is 2.91. The summed E-state index contributed by atoms with van der Waals surface area (Å²) in [5.41, 5.74) is 8.04. The van der Waals surface area contributed by atoms with E-state index in [0.717, 1.165) is 17.9 Å². The van der Waals surface area contributed by atoms with Gasteiger partial charge < -0.3 is 0 Å². The lowest BCUT2D eigenvalue weighted by molar-refractivity contribution is 0.0403. The summed E-state index contributed by atoms with van der Waals surface area (Å²) < 4.78 is 0. The molecule has 1 fully saturated rings. The SMILES string of the molecule is CONC(=O)c1ccc2c(c1C(C)C)CC[C@H]1C(C)(C)CCC[C@]21C. The largest absolute Gasteiger partial charge is 0.277 e. The highest BCUT2D eigenvalue weighted by atomic mass is 16.6. The zero-order valence-corrected chi connectivity index (χ0v) is 16.7. The van der Waals surface area contributed by atoms with Gasteiger partial charge in [-0.2, -0.15) is 0 Å². The van der Waals surface area contributed by atoms with Gasteiger partial charge in [-0.3, -0.25) is 9.63 Å². The van der Waals surface area contributed by atoms with E-state index in [9.17, 15) is 4.79 Å². The molecule has 1 aromatic rings. The van der Waals surface area contributed by atoms with E-state index in [-0.39, 0.29) is 11.3 Å². The minimum absolute atomic E-state index is 0.134. The summed E-state index contributed by atoms with van der Waals surface area (Å²) in [6.07, 6.45) is 6.19. The van der Waals surface area contributed by atoms with Crippen molar-refractivity contribution in [3.8, 4) is 0 Å². The van der Waals surface area contributed by atoms with Gasteiger partial charge in [0.25, 0.3) is 5.91 Å². The Balaban J connectivity index is 2.15. The van der Waals surface area contributed by atoms with E-state index in [1.165, 1.54) is 49.5 Å². The maximum absolute atomic E-state index is 12.5. The maximum atomic E-state index is 12.5. The summed E-state index contributed by atoms with van der Waals surface area (Å²) in [7, 11) is 1.49. The van der Waals surface area contributed by atoms with Crippen LogP contribution in [-0.2, 0) is 16.7 Å². The second-order valence-electron chi connectivity index (χ2n) is 9.19. The van der Waals surface area contributed by atoms with Gasteiger partial charge in [0, 0.05) is 5.56 Å². The summed E-state index contributed by atoms with van der Waals surface area (Å²) in [5.74, 6) is 0.912. The monoisotopic (exact) mass is 343 g/mol. The van der Waals surface area contributed by atoms with Gasteiger partial charge in [-0.15, -0.1) is 0 Å². The molecule has 1 aromatic carbocycles. The van der Waals surface area contributed by atoms with Crippen molar-refractivity contribution in [1.29, 1.82) is 0 Å². The van der Waals surface area contributed by atoms with E-state index in [4.69, 9.17) is 4.84 Å². The van der Waals surface area contributed by atoms with Gasteiger partial charge in [-0.05, 0) is 71.1 Å². The molecule has 0 aliphatic heterocycles.